The van der Waals surface area contributed by atoms with E-state index in [1.165, 1.54) is 0 Å². The fraction of sp³-hybridized carbons (Fsp3) is 1.00. The predicted molar refractivity (Wildman–Crippen MR) is 49.8 cm³/mol. The van der Waals surface area contributed by atoms with Crippen molar-refractivity contribution in [1.82, 2.24) is 0 Å². The Labute approximate surface area is 79.7 Å². The van der Waals surface area contributed by atoms with E-state index in [9.17, 15) is 10.2 Å². The Morgan fingerprint density at radius 1 is 0.846 bits per heavy atom. The SMILES string of the molecule is CC(C)C1C(C(C)C)[C@@H](O)O[C@H]1O. The normalized spacial score (nSPS) is 40.6. The van der Waals surface area contributed by atoms with Crippen LogP contribution in [0.25, 0.3) is 0 Å². The summed E-state index contributed by atoms with van der Waals surface area (Å²) in [6.07, 6.45) is -1.61. The molecular weight excluding hydrogens is 168 g/mol. The zero-order valence-electron chi connectivity index (χ0n) is 8.77. The van der Waals surface area contributed by atoms with Gasteiger partial charge in [0.15, 0.2) is 12.6 Å². The minimum atomic E-state index is -0.803. The van der Waals surface area contributed by atoms with Crippen LogP contribution in [0.4, 0.5) is 0 Å². The topological polar surface area (TPSA) is 49.7 Å². The second-order valence-corrected chi connectivity index (χ2v) is 4.56. The number of aliphatic hydroxyl groups is 2. The van der Waals surface area contributed by atoms with Gasteiger partial charge in [0.25, 0.3) is 0 Å². The lowest BCUT2D eigenvalue weighted by molar-refractivity contribution is -0.176. The standard InChI is InChI=1S/C10H20O3/c1-5(2)7-8(6(3)4)10(12)13-9(7)11/h5-12H,1-4H3/t7?,8?,9-,10+. The molecule has 0 aromatic heterocycles. The van der Waals surface area contributed by atoms with Crippen LogP contribution in [0, 0.1) is 23.7 Å². The van der Waals surface area contributed by atoms with Gasteiger partial charge < -0.3 is 14.9 Å². The van der Waals surface area contributed by atoms with Gasteiger partial charge in [0, 0.05) is 11.8 Å². The van der Waals surface area contributed by atoms with E-state index >= 15 is 0 Å². The molecule has 3 nitrogen and oxygen atoms in total. The zero-order chi connectivity index (χ0) is 10.2. The number of hydrogen-bond acceptors (Lipinski definition) is 3. The molecule has 1 heterocycles. The lowest BCUT2D eigenvalue weighted by atomic mass is 9.78. The fourth-order valence-electron chi connectivity index (χ4n) is 2.25. The van der Waals surface area contributed by atoms with E-state index < -0.39 is 12.6 Å². The van der Waals surface area contributed by atoms with Crippen molar-refractivity contribution in [3.05, 3.63) is 0 Å². The summed E-state index contributed by atoms with van der Waals surface area (Å²) in [5.41, 5.74) is 0. The maximum atomic E-state index is 9.57. The van der Waals surface area contributed by atoms with E-state index in [-0.39, 0.29) is 11.8 Å². The molecule has 13 heavy (non-hydrogen) atoms. The van der Waals surface area contributed by atoms with Gasteiger partial charge in [-0.05, 0) is 11.8 Å². The first-order valence-corrected chi connectivity index (χ1v) is 4.96. The third kappa shape index (κ3) is 2.03. The molecule has 0 spiro atoms. The highest BCUT2D eigenvalue weighted by Crippen LogP contribution is 2.39. The van der Waals surface area contributed by atoms with Crippen molar-refractivity contribution in [2.24, 2.45) is 23.7 Å². The molecule has 0 aromatic rings. The van der Waals surface area contributed by atoms with Crippen LogP contribution in [0.2, 0.25) is 0 Å². The molecule has 4 atom stereocenters. The van der Waals surface area contributed by atoms with Gasteiger partial charge in [-0.15, -0.1) is 0 Å². The van der Waals surface area contributed by atoms with Gasteiger partial charge in [-0.3, -0.25) is 0 Å². The van der Waals surface area contributed by atoms with Gasteiger partial charge in [0.1, 0.15) is 0 Å². The Morgan fingerprint density at radius 3 is 1.38 bits per heavy atom. The maximum Gasteiger partial charge on any atom is 0.161 e. The molecule has 2 unspecified atom stereocenters. The van der Waals surface area contributed by atoms with Gasteiger partial charge >= 0.3 is 0 Å². The van der Waals surface area contributed by atoms with E-state index in [0.717, 1.165) is 0 Å². The first-order chi connectivity index (χ1) is 5.95. The molecule has 0 bridgehead atoms. The van der Waals surface area contributed by atoms with E-state index in [0.29, 0.717) is 11.8 Å². The fourth-order valence-corrected chi connectivity index (χ4v) is 2.25. The van der Waals surface area contributed by atoms with Gasteiger partial charge in [-0.2, -0.15) is 0 Å². The summed E-state index contributed by atoms with van der Waals surface area (Å²) in [5.74, 6) is 0.768. The summed E-state index contributed by atoms with van der Waals surface area (Å²) in [6, 6.07) is 0. The van der Waals surface area contributed by atoms with Crippen molar-refractivity contribution in [3.8, 4) is 0 Å². The molecule has 0 aliphatic carbocycles. The average Bonchev–Trinajstić information content (AvgIpc) is 2.24. The van der Waals surface area contributed by atoms with Crippen molar-refractivity contribution in [1.29, 1.82) is 0 Å². The Bertz CT molecular complexity index is 150. The van der Waals surface area contributed by atoms with Crippen LogP contribution in [0.15, 0.2) is 0 Å². The quantitative estimate of drug-likeness (QED) is 0.684. The van der Waals surface area contributed by atoms with Crippen LogP contribution < -0.4 is 0 Å². The number of hydrogen-bond donors (Lipinski definition) is 2. The molecule has 1 rings (SSSR count). The van der Waals surface area contributed by atoms with Crippen LogP contribution in [0.5, 0.6) is 0 Å². The van der Waals surface area contributed by atoms with Gasteiger partial charge in [-0.25, -0.2) is 0 Å². The molecule has 78 valence electrons. The lowest BCUT2D eigenvalue weighted by Crippen LogP contribution is -2.30. The Hall–Kier alpha value is -0.120. The van der Waals surface area contributed by atoms with E-state index in [2.05, 4.69) is 0 Å². The van der Waals surface area contributed by atoms with Crippen LogP contribution >= 0.6 is 0 Å². The first kappa shape index (κ1) is 11.0. The number of rotatable bonds is 2. The van der Waals surface area contributed by atoms with Crippen molar-refractivity contribution < 1.29 is 14.9 Å². The highest BCUT2D eigenvalue weighted by Gasteiger charge is 2.45. The van der Waals surface area contributed by atoms with Crippen molar-refractivity contribution in [2.75, 3.05) is 0 Å². The number of ether oxygens (including phenoxy) is 1. The van der Waals surface area contributed by atoms with Crippen LogP contribution in [-0.2, 0) is 4.74 Å². The highest BCUT2D eigenvalue weighted by molar-refractivity contribution is 4.84. The van der Waals surface area contributed by atoms with E-state index in [1.54, 1.807) is 0 Å². The third-order valence-corrected chi connectivity index (χ3v) is 2.92. The van der Waals surface area contributed by atoms with Crippen molar-refractivity contribution in [2.45, 2.75) is 40.3 Å². The second-order valence-electron chi connectivity index (χ2n) is 4.56. The minimum absolute atomic E-state index is 0.0509. The molecule has 0 amide bonds. The molecule has 1 aliphatic rings. The van der Waals surface area contributed by atoms with Crippen LogP contribution in [0.3, 0.4) is 0 Å². The molecule has 1 fully saturated rings. The van der Waals surface area contributed by atoms with E-state index in [1.807, 2.05) is 27.7 Å². The summed E-state index contributed by atoms with van der Waals surface area (Å²) in [4.78, 5) is 0. The Kier molecular flexibility index (Phi) is 3.33. The summed E-state index contributed by atoms with van der Waals surface area (Å²) < 4.78 is 5.02. The minimum Gasteiger partial charge on any atom is -0.368 e. The van der Waals surface area contributed by atoms with Gasteiger partial charge in [-0.1, -0.05) is 27.7 Å². The van der Waals surface area contributed by atoms with Crippen LogP contribution in [-0.4, -0.2) is 22.8 Å². The molecular formula is C10H20O3. The molecule has 1 saturated heterocycles. The molecule has 2 N–H and O–H groups in total. The maximum absolute atomic E-state index is 9.57. The lowest BCUT2D eigenvalue weighted by Gasteiger charge is -2.26. The number of aliphatic hydroxyl groups excluding tert-OH is 2. The largest absolute Gasteiger partial charge is 0.368 e. The average molecular weight is 188 g/mol. The summed E-state index contributed by atoms with van der Waals surface area (Å²) in [6.45, 7) is 8.19. The molecule has 3 heteroatoms. The first-order valence-electron chi connectivity index (χ1n) is 4.96. The Balaban J connectivity index is 2.77. The highest BCUT2D eigenvalue weighted by atomic mass is 16.7. The van der Waals surface area contributed by atoms with Gasteiger partial charge in [0.05, 0.1) is 0 Å². The van der Waals surface area contributed by atoms with Gasteiger partial charge in [0.2, 0.25) is 0 Å². The molecule has 0 radical (unpaired) electrons. The van der Waals surface area contributed by atoms with E-state index in [4.69, 9.17) is 4.74 Å². The van der Waals surface area contributed by atoms with Crippen molar-refractivity contribution in [3.63, 3.8) is 0 Å². The molecule has 1 aliphatic heterocycles. The van der Waals surface area contributed by atoms with Crippen LogP contribution in [0.1, 0.15) is 27.7 Å². The predicted octanol–water partition coefficient (Wildman–Crippen LogP) is 1.20. The molecule has 0 saturated carbocycles. The van der Waals surface area contributed by atoms with Crippen molar-refractivity contribution >= 4 is 0 Å². The molecule has 0 aromatic carbocycles. The summed E-state index contributed by atoms with van der Waals surface area (Å²) >= 11 is 0. The summed E-state index contributed by atoms with van der Waals surface area (Å²) in [5, 5.41) is 19.1. The third-order valence-electron chi connectivity index (χ3n) is 2.92. The Morgan fingerprint density at radius 2 is 1.15 bits per heavy atom. The second kappa shape index (κ2) is 3.95. The zero-order valence-corrected chi connectivity index (χ0v) is 8.77. The monoisotopic (exact) mass is 188 g/mol. The summed E-state index contributed by atoms with van der Waals surface area (Å²) in [7, 11) is 0. The smallest absolute Gasteiger partial charge is 0.161 e.